The Labute approximate surface area is 122 Å². The molecular formula is C14H20N2O3S. The van der Waals surface area contributed by atoms with Gasteiger partial charge in [0.25, 0.3) is 0 Å². The molecule has 0 spiro atoms. The molecule has 0 radical (unpaired) electrons. The number of hydrogen-bond acceptors (Lipinski definition) is 4. The van der Waals surface area contributed by atoms with Crippen LogP contribution in [0.15, 0.2) is 5.38 Å². The van der Waals surface area contributed by atoms with E-state index in [4.69, 9.17) is 0 Å². The number of nitrogens with zero attached hydrogens (tertiary/aromatic N) is 1. The van der Waals surface area contributed by atoms with Crippen LogP contribution in [0.5, 0.6) is 0 Å². The second kappa shape index (κ2) is 5.91. The van der Waals surface area contributed by atoms with Crippen molar-refractivity contribution in [2.24, 2.45) is 5.92 Å². The van der Waals surface area contributed by atoms with Crippen molar-refractivity contribution >= 4 is 23.2 Å². The molecular weight excluding hydrogens is 276 g/mol. The van der Waals surface area contributed by atoms with Crippen LogP contribution in [0.25, 0.3) is 0 Å². The Hall–Kier alpha value is -1.43. The number of rotatable bonds is 4. The molecule has 1 aliphatic rings. The summed E-state index contributed by atoms with van der Waals surface area (Å²) in [6.07, 6.45) is 3.35. The molecule has 1 heterocycles. The smallest absolute Gasteiger partial charge is 0.329 e. The van der Waals surface area contributed by atoms with Crippen molar-refractivity contribution in [1.29, 1.82) is 0 Å². The standard InChI is InChI=1S/C14H20N2O3S/c1-9-5-3-4-6-14(9,13(18)19)16-12(17)7-11-8-20-10(2)15-11/h8-9H,3-7H2,1-2H3,(H,16,17)(H,18,19). The second-order valence-corrected chi connectivity index (χ2v) is 6.57. The van der Waals surface area contributed by atoms with Gasteiger partial charge in [-0.05, 0) is 25.7 Å². The number of aromatic nitrogens is 1. The number of hydrogen-bond donors (Lipinski definition) is 2. The quantitative estimate of drug-likeness (QED) is 0.892. The first kappa shape index (κ1) is 15.0. The van der Waals surface area contributed by atoms with Gasteiger partial charge in [-0.15, -0.1) is 11.3 Å². The van der Waals surface area contributed by atoms with Crippen LogP contribution in [0.1, 0.15) is 43.3 Å². The lowest BCUT2D eigenvalue weighted by Crippen LogP contribution is -2.60. The normalized spacial score (nSPS) is 26.2. The number of carboxylic acids is 1. The third-order valence-corrected chi connectivity index (χ3v) is 4.87. The second-order valence-electron chi connectivity index (χ2n) is 5.51. The van der Waals surface area contributed by atoms with Crippen molar-refractivity contribution < 1.29 is 14.7 Å². The van der Waals surface area contributed by atoms with Crippen molar-refractivity contribution in [3.8, 4) is 0 Å². The van der Waals surface area contributed by atoms with Gasteiger partial charge in [0.2, 0.25) is 5.91 Å². The van der Waals surface area contributed by atoms with Gasteiger partial charge < -0.3 is 10.4 Å². The molecule has 1 aromatic heterocycles. The molecule has 0 aromatic carbocycles. The number of amides is 1. The summed E-state index contributed by atoms with van der Waals surface area (Å²) in [7, 11) is 0. The van der Waals surface area contributed by atoms with Gasteiger partial charge in [0.05, 0.1) is 17.1 Å². The van der Waals surface area contributed by atoms with Crippen LogP contribution in [0.4, 0.5) is 0 Å². The molecule has 20 heavy (non-hydrogen) atoms. The van der Waals surface area contributed by atoms with E-state index >= 15 is 0 Å². The molecule has 2 N–H and O–H groups in total. The zero-order valence-corrected chi connectivity index (χ0v) is 12.6. The largest absolute Gasteiger partial charge is 0.479 e. The first-order chi connectivity index (χ1) is 9.44. The predicted octanol–water partition coefficient (Wildman–Crippen LogP) is 2.14. The lowest BCUT2D eigenvalue weighted by molar-refractivity contribution is -0.151. The van der Waals surface area contributed by atoms with Crippen LogP contribution in [0.2, 0.25) is 0 Å². The number of carboxylic acid groups (broad SMARTS) is 1. The molecule has 0 bridgehead atoms. The molecule has 1 fully saturated rings. The van der Waals surface area contributed by atoms with Crippen molar-refractivity contribution in [1.82, 2.24) is 10.3 Å². The van der Waals surface area contributed by atoms with E-state index in [0.29, 0.717) is 12.1 Å². The van der Waals surface area contributed by atoms with E-state index in [9.17, 15) is 14.7 Å². The molecule has 0 aliphatic heterocycles. The van der Waals surface area contributed by atoms with Crippen molar-refractivity contribution in [3.05, 3.63) is 16.1 Å². The highest BCUT2D eigenvalue weighted by Crippen LogP contribution is 2.34. The van der Waals surface area contributed by atoms with Gasteiger partial charge in [-0.3, -0.25) is 4.79 Å². The monoisotopic (exact) mass is 296 g/mol. The summed E-state index contributed by atoms with van der Waals surface area (Å²) >= 11 is 1.49. The highest BCUT2D eigenvalue weighted by Gasteiger charge is 2.46. The average Bonchev–Trinajstić information content (AvgIpc) is 2.77. The van der Waals surface area contributed by atoms with Gasteiger partial charge in [-0.2, -0.15) is 0 Å². The maximum absolute atomic E-state index is 12.1. The van der Waals surface area contributed by atoms with E-state index in [1.807, 2.05) is 19.2 Å². The maximum atomic E-state index is 12.1. The van der Waals surface area contributed by atoms with Crippen LogP contribution >= 0.6 is 11.3 Å². The van der Waals surface area contributed by atoms with Gasteiger partial charge in [0.1, 0.15) is 5.54 Å². The number of thiazole rings is 1. The minimum Gasteiger partial charge on any atom is -0.479 e. The summed E-state index contributed by atoms with van der Waals surface area (Å²) in [5.41, 5.74) is -0.408. The maximum Gasteiger partial charge on any atom is 0.329 e. The molecule has 1 amide bonds. The van der Waals surface area contributed by atoms with E-state index in [-0.39, 0.29) is 18.2 Å². The Kier molecular flexibility index (Phi) is 4.42. The predicted molar refractivity (Wildman–Crippen MR) is 76.7 cm³/mol. The number of aryl methyl sites for hydroxylation is 1. The number of carbonyl (C=O) groups is 2. The van der Waals surface area contributed by atoms with E-state index in [1.54, 1.807) is 0 Å². The summed E-state index contributed by atoms with van der Waals surface area (Å²) < 4.78 is 0. The lowest BCUT2D eigenvalue weighted by Gasteiger charge is -2.39. The topological polar surface area (TPSA) is 79.3 Å². The summed E-state index contributed by atoms with van der Waals surface area (Å²) in [5, 5.41) is 15.1. The summed E-state index contributed by atoms with van der Waals surface area (Å²) in [4.78, 5) is 28.0. The van der Waals surface area contributed by atoms with Crippen LogP contribution in [0.3, 0.4) is 0 Å². The highest BCUT2D eigenvalue weighted by molar-refractivity contribution is 7.09. The van der Waals surface area contributed by atoms with Gasteiger partial charge in [-0.1, -0.05) is 19.8 Å². The number of nitrogens with one attached hydrogen (secondary N) is 1. The van der Waals surface area contributed by atoms with Gasteiger partial charge >= 0.3 is 5.97 Å². The average molecular weight is 296 g/mol. The summed E-state index contributed by atoms with van der Waals surface area (Å²) in [6, 6.07) is 0. The van der Waals surface area contributed by atoms with E-state index in [0.717, 1.165) is 24.3 Å². The molecule has 2 atom stereocenters. The summed E-state index contributed by atoms with van der Waals surface area (Å²) in [5.74, 6) is -1.23. The van der Waals surface area contributed by atoms with Crippen molar-refractivity contribution in [2.75, 3.05) is 0 Å². The number of carbonyl (C=O) groups excluding carboxylic acids is 1. The molecule has 2 rings (SSSR count). The van der Waals surface area contributed by atoms with Crippen LogP contribution in [-0.2, 0) is 16.0 Å². The molecule has 1 saturated carbocycles. The Morgan fingerprint density at radius 1 is 1.55 bits per heavy atom. The van der Waals surface area contributed by atoms with Crippen LogP contribution in [0, 0.1) is 12.8 Å². The van der Waals surface area contributed by atoms with E-state index < -0.39 is 11.5 Å². The van der Waals surface area contributed by atoms with Gasteiger partial charge in [0.15, 0.2) is 0 Å². The fourth-order valence-electron chi connectivity index (χ4n) is 2.85. The third-order valence-electron chi connectivity index (χ3n) is 4.05. The Bertz CT molecular complexity index is 514. The van der Waals surface area contributed by atoms with Crippen LogP contribution in [-0.4, -0.2) is 27.5 Å². The Morgan fingerprint density at radius 3 is 2.85 bits per heavy atom. The first-order valence-electron chi connectivity index (χ1n) is 6.89. The third kappa shape index (κ3) is 3.00. The molecule has 1 aliphatic carbocycles. The molecule has 1 aromatic rings. The molecule has 110 valence electrons. The molecule has 6 heteroatoms. The zero-order chi connectivity index (χ0) is 14.8. The van der Waals surface area contributed by atoms with Gasteiger partial charge in [-0.25, -0.2) is 9.78 Å². The minimum absolute atomic E-state index is 0.0464. The van der Waals surface area contributed by atoms with Gasteiger partial charge in [0, 0.05) is 5.38 Å². The molecule has 2 unspecified atom stereocenters. The SMILES string of the molecule is Cc1nc(CC(=O)NC2(C(=O)O)CCCCC2C)cs1. The summed E-state index contributed by atoms with van der Waals surface area (Å²) in [6.45, 7) is 3.79. The highest BCUT2D eigenvalue weighted by atomic mass is 32.1. The van der Waals surface area contributed by atoms with Crippen molar-refractivity contribution in [3.63, 3.8) is 0 Å². The van der Waals surface area contributed by atoms with E-state index in [1.165, 1.54) is 11.3 Å². The zero-order valence-electron chi connectivity index (χ0n) is 11.8. The fourth-order valence-corrected chi connectivity index (χ4v) is 3.46. The minimum atomic E-state index is -1.11. The number of aliphatic carboxylic acids is 1. The fraction of sp³-hybridized carbons (Fsp3) is 0.643. The Morgan fingerprint density at radius 2 is 2.30 bits per heavy atom. The first-order valence-corrected chi connectivity index (χ1v) is 7.77. The van der Waals surface area contributed by atoms with Crippen LogP contribution < -0.4 is 5.32 Å². The van der Waals surface area contributed by atoms with Crippen molar-refractivity contribution in [2.45, 2.75) is 51.5 Å². The Balaban J connectivity index is 2.08. The molecule has 0 saturated heterocycles. The molecule has 5 nitrogen and oxygen atoms in total. The van der Waals surface area contributed by atoms with E-state index in [2.05, 4.69) is 10.3 Å². The lowest BCUT2D eigenvalue weighted by atomic mass is 9.73.